The molecule has 1 fully saturated rings. The zero-order chi connectivity index (χ0) is 14.5. The number of aryl methyl sites for hydroxylation is 1. The van der Waals surface area contributed by atoms with Gasteiger partial charge in [-0.05, 0) is 55.2 Å². The van der Waals surface area contributed by atoms with Gasteiger partial charge in [-0.1, -0.05) is 24.3 Å². The highest BCUT2D eigenvalue weighted by molar-refractivity contribution is 5.51. The molecule has 2 aromatic rings. The van der Waals surface area contributed by atoms with Gasteiger partial charge in [0.25, 0.3) is 0 Å². The summed E-state index contributed by atoms with van der Waals surface area (Å²) in [6, 6.07) is 17.0. The summed E-state index contributed by atoms with van der Waals surface area (Å²) in [6.07, 6.45) is 2.65. The minimum absolute atomic E-state index is 0.820. The zero-order valence-electron chi connectivity index (χ0n) is 12.6. The van der Waals surface area contributed by atoms with Crippen molar-refractivity contribution in [2.24, 2.45) is 0 Å². The lowest BCUT2D eigenvalue weighted by atomic mass is 10.1. The number of nitrogens with one attached hydrogen (secondary N) is 2. The fourth-order valence-corrected chi connectivity index (χ4v) is 2.81. The first-order valence-corrected chi connectivity index (χ1v) is 7.71. The molecule has 0 radical (unpaired) electrons. The van der Waals surface area contributed by atoms with Crippen molar-refractivity contribution in [2.75, 3.05) is 23.4 Å². The standard InChI is InChI=1S/C18H23N3/c1-15-13-18(21-11-5-6-12-21)10-9-16(15)14-19-20-17-7-3-2-4-8-17/h2-4,7-10,13,19-20H,5-6,11-12,14H2,1H3. The second-order valence-electron chi connectivity index (χ2n) is 5.65. The van der Waals surface area contributed by atoms with Crippen molar-refractivity contribution >= 4 is 11.4 Å². The summed E-state index contributed by atoms with van der Waals surface area (Å²) in [5.41, 5.74) is 11.6. The fraction of sp³-hybridized carbons (Fsp3) is 0.333. The predicted octanol–water partition coefficient (Wildman–Crippen LogP) is 3.71. The fourth-order valence-electron chi connectivity index (χ4n) is 2.81. The Morgan fingerprint density at radius 1 is 1.00 bits per heavy atom. The van der Waals surface area contributed by atoms with Crippen molar-refractivity contribution in [3.8, 4) is 0 Å². The number of para-hydroxylation sites is 1. The van der Waals surface area contributed by atoms with E-state index in [9.17, 15) is 0 Å². The van der Waals surface area contributed by atoms with E-state index in [0.717, 1.165) is 12.2 Å². The number of benzene rings is 2. The third-order valence-corrected chi connectivity index (χ3v) is 4.08. The topological polar surface area (TPSA) is 27.3 Å². The Bertz CT molecular complexity index is 574. The van der Waals surface area contributed by atoms with Crippen LogP contribution >= 0.6 is 0 Å². The predicted molar refractivity (Wildman–Crippen MR) is 89.5 cm³/mol. The minimum atomic E-state index is 0.820. The molecule has 3 nitrogen and oxygen atoms in total. The molecule has 3 heteroatoms. The molecule has 110 valence electrons. The molecule has 0 atom stereocenters. The second kappa shape index (κ2) is 6.64. The van der Waals surface area contributed by atoms with Gasteiger partial charge in [-0.3, -0.25) is 0 Å². The van der Waals surface area contributed by atoms with E-state index in [0.29, 0.717) is 0 Å². The highest BCUT2D eigenvalue weighted by Gasteiger charge is 2.12. The van der Waals surface area contributed by atoms with Crippen LogP contribution in [0.2, 0.25) is 0 Å². The summed E-state index contributed by atoms with van der Waals surface area (Å²) in [5.74, 6) is 0. The lowest BCUT2D eigenvalue weighted by Gasteiger charge is -2.19. The Hall–Kier alpha value is -2.00. The van der Waals surface area contributed by atoms with Crippen molar-refractivity contribution < 1.29 is 0 Å². The van der Waals surface area contributed by atoms with Gasteiger partial charge in [0.2, 0.25) is 0 Å². The molecule has 0 amide bonds. The van der Waals surface area contributed by atoms with Crippen molar-refractivity contribution in [1.82, 2.24) is 5.43 Å². The van der Waals surface area contributed by atoms with Gasteiger partial charge in [0, 0.05) is 31.0 Å². The van der Waals surface area contributed by atoms with Crippen LogP contribution in [0.25, 0.3) is 0 Å². The molecule has 1 heterocycles. The van der Waals surface area contributed by atoms with Crippen LogP contribution in [0.1, 0.15) is 24.0 Å². The van der Waals surface area contributed by atoms with Gasteiger partial charge in [0.05, 0.1) is 0 Å². The minimum Gasteiger partial charge on any atom is -0.372 e. The number of hydrogen-bond donors (Lipinski definition) is 2. The maximum atomic E-state index is 3.28. The summed E-state index contributed by atoms with van der Waals surface area (Å²) >= 11 is 0. The quantitative estimate of drug-likeness (QED) is 0.818. The van der Waals surface area contributed by atoms with Crippen molar-refractivity contribution in [1.29, 1.82) is 0 Å². The highest BCUT2D eigenvalue weighted by atomic mass is 15.3. The number of hydrogen-bond acceptors (Lipinski definition) is 3. The van der Waals surface area contributed by atoms with Gasteiger partial charge in [-0.25, -0.2) is 5.43 Å². The van der Waals surface area contributed by atoms with E-state index in [2.05, 4.69) is 53.0 Å². The van der Waals surface area contributed by atoms with E-state index in [1.54, 1.807) is 0 Å². The van der Waals surface area contributed by atoms with E-state index < -0.39 is 0 Å². The molecule has 1 aliphatic heterocycles. The highest BCUT2D eigenvalue weighted by Crippen LogP contribution is 2.23. The smallest absolute Gasteiger partial charge is 0.0487 e. The molecule has 2 aromatic carbocycles. The summed E-state index contributed by atoms with van der Waals surface area (Å²) < 4.78 is 0. The van der Waals surface area contributed by atoms with Crippen molar-refractivity contribution in [3.63, 3.8) is 0 Å². The van der Waals surface area contributed by atoms with Gasteiger partial charge in [0.15, 0.2) is 0 Å². The summed E-state index contributed by atoms with van der Waals surface area (Å²) in [7, 11) is 0. The second-order valence-corrected chi connectivity index (χ2v) is 5.65. The molecule has 1 aliphatic rings. The van der Waals surface area contributed by atoms with Crippen LogP contribution in [0.15, 0.2) is 48.5 Å². The third kappa shape index (κ3) is 3.56. The van der Waals surface area contributed by atoms with E-state index in [1.165, 1.54) is 42.7 Å². The first-order chi connectivity index (χ1) is 10.3. The largest absolute Gasteiger partial charge is 0.372 e. The van der Waals surface area contributed by atoms with Gasteiger partial charge < -0.3 is 10.3 Å². The van der Waals surface area contributed by atoms with Crippen LogP contribution in [0.4, 0.5) is 11.4 Å². The number of nitrogens with zero attached hydrogens (tertiary/aromatic N) is 1. The monoisotopic (exact) mass is 281 g/mol. The molecule has 21 heavy (non-hydrogen) atoms. The van der Waals surface area contributed by atoms with Crippen LogP contribution in [-0.2, 0) is 6.54 Å². The molecule has 0 saturated carbocycles. The van der Waals surface area contributed by atoms with Crippen LogP contribution < -0.4 is 15.8 Å². The lowest BCUT2D eigenvalue weighted by molar-refractivity contribution is 0.795. The van der Waals surface area contributed by atoms with Crippen molar-refractivity contribution in [2.45, 2.75) is 26.3 Å². The molecule has 3 rings (SSSR count). The Balaban J connectivity index is 1.58. The molecule has 0 unspecified atom stereocenters. The summed E-state index contributed by atoms with van der Waals surface area (Å²) in [6.45, 7) is 5.42. The van der Waals surface area contributed by atoms with E-state index in [4.69, 9.17) is 0 Å². The average molecular weight is 281 g/mol. The Morgan fingerprint density at radius 2 is 1.76 bits per heavy atom. The molecule has 2 N–H and O–H groups in total. The molecular weight excluding hydrogens is 258 g/mol. The maximum Gasteiger partial charge on any atom is 0.0487 e. The Morgan fingerprint density at radius 3 is 2.48 bits per heavy atom. The van der Waals surface area contributed by atoms with Crippen LogP contribution in [-0.4, -0.2) is 13.1 Å². The molecule has 0 aliphatic carbocycles. The number of hydrazine groups is 1. The third-order valence-electron chi connectivity index (χ3n) is 4.08. The van der Waals surface area contributed by atoms with Crippen LogP contribution in [0.5, 0.6) is 0 Å². The Labute approximate surface area is 127 Å². The normalized spacial score (nSPS) is 14.4. The van der Waals surface area contributed by atoms with Crippen LogP contribution in [0, 0.1) is 6.92 Å². The molecule has 0 spiro atoms. The van der Waals surface area contributed by atoms with Gasteiger partial charge in [0.1, 0.15) is 0 Å². The average Bonchev–Trinajstić information content (AvgIpc) is 3.04. The molecular formula is C18H23N3. The SMILES string of the molecule is Cc1cc(N2CCCC2)ccc1CNNc1ccccc1. The van der Waals surface area contributed by atoms with Gasteiger partial charge in [-0.2, -0.15) is 0 Å². The first-order valence-electron chi connectivity index (χ1n) is 7.71. The van der Waals surface area contributed by atoms with E-state index in [-0.39, 0.29) is 0 Å². The van der Waals surface area contributed by atoms with E-state index in [1.807, 2.05) is 18.2 Å². The lowest BCUT2D eigenvalue weighted by Crippen LogP contribution is -2.22. The van der Waals surface area contributed by atoms with Gasteiger partial charge in [-0.15, -0.1) is 0 Å². The Kier molecular flexibility index (Phi) is 4.41. The molecule has 0 bridgehead atoms. The van der Waals surface area contributed by atoms with E-state index >= 15 is 0 Å². The summed E-state index contributed by atoms with van der Waals surface area (Å²) in [5, 5.41) is 0. The van der Waals surface area contributed by atoms with Gasteiger partial charge >= 0.3 is 0 Å². The first kappa shape index (κ1) is 14.0. The maximum absolute atomic E-state index is 3.28. The number of anilines is 2. The molecule has 0 aromatic heterocycles. The number of rotatable bonds is 5. The summed E-state index contributed by atoms with van der Waals surface area (Å²) in [4.78, 5) is 2.48. The zero-order valence-corrected chi connectivity index (χ0v) is 12.6. The van der Waals surface area contributed by atoms with Crippen molar-refractivity contribution in [3.05, 3.63) is 59.7 Å². The van der Waals surface area contributed by atoms with Crippen LogP contribution in [0.3, 0.4) is 0 Å². The molecule has 1 saturated heterocycles.